The summed E-state index contributed by atoms with van der Waals surface area (Å²) < 4.78 is 24.0. The van der Waals surface area contributed by atoms with Gasteiger partial charge in [-0.15, -0.1) is 0 Å². The van der Waals surface area contributed by atoms with Gasteiger partial charge in [0.15, 0.2) is 0 Å². The van der Waals surface area contributed by atoms with Crippen molar-refractivity contribution in [2.75, 3.05) is 32.4 Å². The second-order valence-corrected chi connectivity index (χ2v) is 6.36. The van der Waals surface area contributed by atoms with Gasteiger partial charge in [0, 0.05) is 26.2 Å². The Bertz CT molecular complexity index is 361. The molecular weight excluding hydrogens is 242 g/mol. The summed E-state index contributed by atoms with van der Waals surface area (Å²) in [6, 6.07) is -0.454. The van der Waals surface area contributed by atoms with Crippen LogP contribution >= 0.6 is 0 Å². The number of nitrogens with zero attached hydrogens (tertiary/aromatic N) is 2. The number of hydrogen-bond donors (Lipinski definition) is 1. The van der Waals surface area contributed by atoms with Crippen molar-refractivity contribution in [2.45, 2.75) is 25.8 Å². The molecule has 6 nitrogen and oxygen atoms in total. The molecule has 2 N–H and O–H groups in total. The van der Waals surface area contributed by atoms with Gasteiger partial charge >= 0.3 is 0 Å². The third-order valence-corrected chi connectivity index (χ3v) is 4.24. The van der Waals surface area contributed by atoms with Crippen LogP contribution in [0.25, 0.3) is 0 Å². The van der Waals surface area contributed by atoms with Gasteiger partial charge in [0.2, 0.25) is 15.9 Å². The Balaban J connectivity index is 2.49. The number of rotatable bonds is 4. The standard InChI is InChI=1S/C10H21N3O3S/c1-3-4-9(11)10(14)12-5-7-13(8-6-12)17(2,15)16/h9H,3-8,11H2,1-2H3. The van der Waals surface area contributed by atoms with Crippen molar-refractivity contribution in [3.63, 3.8) is 0 Å². The van der Waals surface area contributed by atoms with Crippen LogP contribution in [0.2, 0.25) is 0 Å². The SMILES string of the molecule is CCCC(N)C(=O)N1CCN(S(C)(=O)=O)CC1. The molecule has 0 radical (unpaired) electrons. The fraction of sp³-hybridized carbons (Fsp3) is 0.900. The molecule has 1 rings (SSSR count). The minimum Gasteiger partial charge on any atom is -0.339 e. The predicted octanol–water partition coefficient (Wildman–Crippen LogP) is -0.782. The molecule has 0 saturated carbocycles. The fourth-order valence-electron chi connectivity index (χ4n) is 1.91. The first kappa shape index (κ1) is 14.4. The molecule has 100 valence electrons. The molecule has 0 bridgehead atoms. The van der Waals surface area contributed by atoms with E-state index in [4.69, 9.17) is 5.73 Å². The fourth-order valence-corrected chi connectivity index (χ4v) is 2.74. The van der Waals surface area contributed by atoms with E-state index >= 15 is 0 Å². The zero-order valence-electron chi connectivity index (χ0n) is 10.4. The van der Waals surface area contributed by atoms with Crippen molar-refractivity contribution >= 4 is 15.9 Å². The lowest BCUT2D eigenvalue weighted by Crippen LogP contribution is -2.54. The molecule has 1 amide bonds. The Hall–Kier alpha value is -0.660. The molecule has 1 fully saturated rings. The van der Waals surface area contributed by atoms with Crippen LogP contribution in [0.15, 0.2) is 0 Å². The van der Waals surface area contributed by atoms with Gasteiger partial charge in [-0.1, -0.05) is 13.3 Å². The maximum atomic E-state index is 11.9. The van der Waals surface area contributed by atoms with E-state index in [1.165, 1.54) is 10.6 Å². The summed E-state index contributed by atoms with van der Waals surface area (Å²) in [4.78, 5) is 13.5. The van der Waals surface area contributed by atoms with Crippen LogP contribution in [-0.4, -0.2) is 62.0 Å². The van der Waals surface area contributed by atoms with Gasteiger partial charge < -0.3 is 10.6 Å². The summed E-state index contributed by atoms with van der Waals surface area (Å²) >= 11 is 0. The van der Waals surface area contributed by atoms with Gasteiger partial charge in [-0.25, -0.2) is 8.42 Å². The number of sulfonamides is 1. The quantitative estimate of drug-likeness (QED) is 0.721. The Morgan fingerprint density at radius 3 is 2.24 bits per heavy atom. The highest BCUT2D eigenvalue weighted by molar-refractivity contribution is 7.88. The van der Waals surface area contributed by atoms with E-state index in [9.17, 15) is 13.2 Å². The highest BCUT2D eigenvalue weighted by Crippen LogP contribution is 2.08. The molecule has 1 saturated heterocycles. The molecule has 0 aromatic heterocycles. The predicted molar refractivity (Wildman–Crippen MR) is 65.9 cm³/mol. The number of carbonyl (C=O) groups excluding carboxylic acids is 1. The number of hydrogen-bond acceptors (Lipinski definition) is 4. The highest BCUT2D eigenvalue weighted by atomic mass is 32.2. The highest BCUT2D eigenvalue weighted by Gasteiger charge is 2.28. The monoisotopic (exact) mass is 263 g/mol. The van der Waals surface area contributed by atoms with E-state index in [0.29, 0.717) is 32.6 Å². The van der Waals surface area contributed by atoms with Crippen molar-refractivity contribution in [1.82, 2.24) is 9.21 Å². The average molecular weight is 263 g/mol. The topological polar surface area (TPSA) is 83.7 Å². The minimum absolute atomic E-state index is 0.0694. The molecule has 0 aliphatic carbocycles. The van der Waals surface area contributed by atoms with E-state index < -0.39 is 16.1 Å². The minimum atomic E-state index is -3.14. The van der Waals surface area contributed by atoms with Crippen molar-refractivity contribution in [3.8, 4) is 0 Å². The molecule has 0 spiro atoms. The summed E-state index contributed by atoms with van der Waals surface area (Å²) in [6.07, 6.45) is 2.73. The maximum absolute atomic E-state index is 11.9. The van der Waals surface area contributed by atoms with E-state index in [1.54, 1.807) is 4.90 Å². The first-order valence-electron chi connectivity index (χ1n) is 5.85. The van der Waals surface area contributed by atoms with Gasteiger partial charge in [-0.2, -0.15) is 4.31 Å². The molecule has 0 aromatic carbocycles. The van der Waals surface area contributed by atoms with E-state index in [-0.39, 0.29) is 5.91 Å². The molecule has 0 aromatic rings. The van der Waals surface area contributed by atoms with E-state index in [1.807, 2.05) is 6.92 Å². The van der Waals surface area contributed by atoms with Crippen molar-refractivity contribution in [1.29, 1.82) is 0 Å². The second kappa shape index (κ2) is 5.79. The number of carbonyl (C=O) groups is 1. The first-order chi connectivity index (χ1) is 7.86. The smallest absolute Gasteiger partial charge is 0.239 e. The molecule has 1 aliphatic rings. The molecule has 17 heavy (non-hydrogen) atoms. The lowest BCUT2D eigenvalue weighted by Gasteiger charge is -2.34. The van der Waals surface area contributed by atoms with Gasteiger partial charge in [-0.3, -0.25) is 4.79 Å². The molecule has 1 heterocycles. The first-order valence-corrected chi connectivity index (χ1v) is 7.70. The number of amides is 1. The Morgan fingerprint density at radius 1 is 1.29 bits per heavy atom. The normalized spacial score (nSPS) is 20.3. The lowest BCUT2D eigenvalue weighted by molar-refractivity contribution is -0.133. The van der Waals surface area contributed by atoms with Crippen molar-refractivity contribution < 1.29 is 13.2 Å². The summed E-state index contributed by atoms with van der Waals surface area (Å²) in [5.41, 5.74) is 5.76. The van der Waals surface area contributed by atoms with Crippen LogP contribution in [0.3, 0.4) is 0 Å². The van der Waals surface area contributed by atoms with E-state index in [2.05, 4.69) is 0 Å². The largest absolute Gasteiger partial charge is 0.339 e. The van der Waals surface area contributed by atoms with Crippen LogP contribution in [0.4, 0.5) is 0 Å². The van der Waals surface area contributed by atoms with Crippen molar-refractivity contribution in [2.24, 2.45) is 5.73 Å². The molecular formula is C10H21N3O3S. The molecule has 7 heteroatoms. The summed E-state index contributed by atoms with van der Waals surface area (Å²) in [5.74, 6) is -0.0694. The Kier molecular flexibility index (Phi) is 4.91. The zero-order valence-corrected chi connectivity index (χ0v) is 11.2. The van der Waals surface area contributed by atoms with Gasteiger partial charge in [0.25, 0.3) is 0 Å². The number of nitrogens with two attached hydrogens (primary N) is 1. The molecule has 1 aliphatic heterocycles. The third-order valence-electron chi connectivity index (χ3n) is 2.94. The van der Waals surface area contributed by atoms with Crippen molar-refractivity contribution in [3.05, 3.63) is 0 Å². The molecule has 1 unspecified atom stereocenters. The summed E-state index contributed by atoms with van der Waals surface area (Å²) in [7, 11) is -3.14. The summed E-state index contributed by atoms with van der Waals surface area (Å²) in [6.45, 7) is 3.58. The van der Waals surface area contributed by atoms with Gasteiger partial charge in [0.1, 0.15) is 0 Å². The van der Waals surface area contributed by atoms with Crippen LogP contribution in [0, 0.1) is 0 Å². The van der Waals surface area contributed by atoms with Crippen LogP contribution in [0.1, 0.15) is 19.8 Å². The maximum Gasteiger partial charge on any atom is 0.239 e. The van der Waals surface area contributed by atoms with Crippen LogP contribution in [-0.2, 0) is 14.8 Å². The van der Waals surface area contributed by atoms with Crippen LogP contribution < -0.4 is 5.73 Å². The second-order valence-electron chi connectivity index (χ2n) is 4.38. The third kappa shape index (κ3) is 3.93. The van der Waals surface area contributed by atoms with Gasteiger partial charge in [0.05, 0.1) is 12.3 Å². The van der Waals surface area contributed by atoms with E-state index in [0.717, 1.165) is 6.42 Å². The Labute approximate surface area is 103 Å². The van der Waals surface area contributed by atoms with Crippen LogP contribution in [0.5, 0.6) is 0 Å². The lowest BCUT2D eigenvalue weighted by atomic mass is 10.1. The van der Waals surface area contributed by atoms with Gasteiger partial charge in [-0.05, 0) is 6.42 Å². The zero-order chi connectivity index (χ0) is 13.1. The number of piperazine rings is 1. The Morgan fingerprint density at radius 2 is 1.82 bits per heavy atom. The molecule has 1 atom stereocenters. The average Bonchev–Trinajstić information content (AvgIpc) is 2.27. The summed E-state index contributed by atoms with van der Waals surface area (Å²) in [5, 5.41) is 0.